The Hall–Kier alpha value is -1.42. The van der Waals surface area contributed by atoms with Gasteiger partial charge in [0.05, 0.1) is 24.2 Å². The first-order valence-corrected chi connectivity index (χ1v) is 8.17. The number of aliphatic carboxylic acids is 1. The van der Waals surface area contributed by atoms with Crippen molar-refractivity contribution in [1.29, 1.82) is 0 Å². The fourth-order valence-electron chi connectivity index (χ4n) is 2.87. The second kappa shape index (κ2) is 7.23. The summed E-state index contributed by atoms with van der Waals surface area (Å²) in [7, 11) is 0. The number of carboxylic acids is 1. The summed E-state index contributed by atoms with van der Waals surface area (Å²) >= 11 is 6.28. The summed E-state index contributed by atoms with van der Waals surface area (Å²) in [6.45, 7) is 7.04. The van der Waals surface area contributed by atoms with E-state index in [9.17, 15) is 4.79 Å². The lowest BCUT2D eigenvalue weighted by Crippen LogP contribution is -2.05. The van der Waals surface area contributed by atoms with Crippen LogP contribution in [0.3, 0.4) is 0 Å². The molecule has 1 aromatic rings. The lowest BCUT2D eigenvalue weighted by molar-refractivity contribution is -0.138. The van der Waals surface area contributed by atoms with Crippen molar-refractivity contribution in [3.05, 3.63) is 22.7 Å². The molecule has 0 aromatic heterocycles. The molecule has 0 amide bonds. The van der Waals surface area contributed by atoms with Crippen LogP contribution in [0, 0.1) is 11.8 Å². The first-order valence-electron chi connectivity index (χ1n) is 7.79. The molecule has 0 saturated heterocycles. The molecule has 0 spiro atoms. The number of rotatable bonds is 8. The predicted molar refractivity (Wildman–Crippen MR) is 86.1 cm³/mol. The fraction of sp³-hybridized carbons (Fsp3) is 0.588. The maximum atomic E-state index is 11.0. The van der Waals surface area contributed by atoms with E-state index >= 15 is 0 Å². The number of ether oxygens (including phenoxy) is 2. The van der Waals surface area contributed by atoms with Gasteiger partial charge in [-0.05, 0) is 50.2 Å². The molecule has 122 valence electrons. The van der Waals surface area contributed by atoms with Crippen molar-refractivity contribution >= 4 is 17.6 Å². The van der Waals surface area contributed by atoms with Gasteiger partial charge >= 0.3 is 5.97 Å². The molecule has 3 unspecified atom stereocenters. The van der Waals surface area contributed by atoms with Crippen molar-refractivity contribution in [2.24, 2.45) is 11.8 Å². The van der Waals surface area contributed by atoms with Crippen LogP contribution >= 0.6 is 11.6 Å². The molecule has 1 aromatic carbocycles. The summed E-state index contributed by atoms with van der Waals surface area (Å²) in [6, 6.07) is 3.73. The summed E-state index contributed by atoms with van der Waals surface area (Å²) in [6.07, 6.45) is 1.61. The molecule has 2 rings (SSSR count). The molecule has 1 saturated carbocycles. The minimum Gasteiger partial charge on any atom is -0.493 e. The van der Waals surface area contributed by atoms with Gasteiger partial charge in [0.25, 0.3) is 0 Å². The van der Waals surface area contributed by atoms with Crippen LogP contribution in [-0.4, -0.2) is 24.3 Å². The summed E-state index contributed by atoms with van der Waals surface area (Å²) in [5.41, 5.74) is 1.02. The van der Waals surface area contributed by atoms with Crippen molar-refractivity contribution in [1.82, 2.24) is 0 Å². The van der Waals surface area contributed by atoms with Gasteiger partial charge in [-0.3, -0.25) is 4.79 Å². The molecule has 3 atom stereocenters. The number of hydrogen-bond donors (Lipinski definition) is 1. The first-order chi connectivity index (χ1) is 10.5. The zero-order valence-electron chi connectivity index (χ0n) is 13.3. The standard InChI is InChI=1S/C17H23ClO4/c1-4-21-15-9-16(22-5-2)14(18)8-12(15)10(3)6-11-7-13(11)17(19)20/h8-11,13H,4-7H2,1-3H3,(H,19,20). The van der Waals surface area contributed by atoms with Crippen LogP contribution in [0.1, 0.15) is 45.1 Å². The molecule has 1 fully saturated rings. The number of carbonyl (C=O) groups is 1. The molecule has 22 heavy (non-hydrogen) atoms. The van der Waals surface area contributed by atoms with Crippen LogP contribution in [0.4, 0.5) is 0 Å². The average Bonchev–Trinajstić information content (AvgIpc) is 3.22. The maximum Gasteiger partial charge on any atom is 0.306 e. The molecule has 1 N–H and O–H groups in total. The fourth-order valence-corrected chi connectivity index (χ4v) is 3.10. The quantitative estimate of drug-likeness (QED) is 0.771. The van der Waals surface area contributed by atoms with Gasteiger partial charge in [-0.1, -0.05) is 18.5 Å². The third kappa shape index (κ3) is 3.86. The molecule has 0 aliphatic heterocycles. The Morgan fingerprint density at radius 1 is 1.32 bits per heavy atom. The number of carboxylic acid groups (broad SMARTS) is 1. The number of benzene rings is 1. The van der Waals surface area contributed by atoms with Gasteiger partial charge in [0.1, 0.15) is 11.5 Å². The van der Waals surface area contributed by atoms with Crippen LogP contribution in [0.25, 0.3) is 0 Å². The van der Waals surface area contributed by atoms with Crippen LogP contribution in [0.15, 0.2) is 12.1 Å². The Labute approximate surface area is 136 Å². The summed E-state index contributed by atoms with van der Waals surface area (Å²) < 4.78 is 11.2. The normalized spacial score (nSPS) is 21.3. The molecular weight excluding hydrogens is 304 g/mol. The van der Waals surface area contributed by atoms with Crippen molar-refractivity contribution in [3.8, 4) is 11.5 Å². The zero-order valence-corrected chi connectivity index (χ0v) is 14.0. The maximum absolute atomic E-state index is 11.0. The van der Waals surface area contributed by atoms with Gasteiger partial charge < -0.3 is 14.6 Å². The van der Waals surface area contributed by atoms with E-state index in [-0.39, 0.29) is 17.8 Å². The van der Waals surface area contributed by atoms with Crippen molar-refractivity contribution in [2.75, 3.05) is 13.2 Å². The highest BCUT2D eigenvalue weighted by molar-refractivity contribution is 6.32. The van der Waals surface area contributed by atoms with E-state index in [2.05, 4.69) is 6.92 Å². The Balaban J connectivity index is 2.17. The highest BCUT2D eigenvalue weighted by Crippen LogP contribution is 2.47. The van der Waals surface area contributed by atoms with Gasteiger partial charge in [-0.15, -0.1) is 0 Å². The van der Waals surface area contributed by atoms with Gasteiger partial charge in [-0.2, -0.15) is 0 Å². The van der Waals surface area contributed by atoms with Crippen molar-refractivity contribution in [2.45, 2.75) is 39.5 Å². The van der Waals surface area contributed by atoms with E-state index < -0.39 is 5.97 Å². The lowest BCUT2D eigenvalue weighted by atomic mass is 9.93. The third-order valence-electron chi connectivity index (χ3n) is 4.09. The second-order valence-corrected chi connectivity index (χ2v) is 6.17. The number of hydrogen-bond acceptors (Lipinski definition) is 3. The minimum absolute atomic E-state index is 0.184. The molecule has 1 aliphatic rings. The Kier molecular flexibility index (Phi) is 5.57. The SMILES string of the molecule is CCOc1cc(OCC)c(C(C)CC2CC2C(=O)O)cc1Cl. The Bertz CT molecular complexity index is 544. The third-order valence-corrected chi connectivity index (χ3v) is 4.39. The highest BCUT2D eigenvalue weighted by Gasteiger charge is 2.43. The monoisotopic (exact) mass is 326 g/mol. The van der Waals surface area contributed by atoms with Crippen LogP contribution in [0.2, 0.25) is 5.02 Å². The van der Waals surface area contributed by atoms with Crippen molar-refractivity contribution in [3.63, 3.8) is 0 Å². The molecule has 5 heteroatoms. The number of halogens is 1. The zero-order chi connectivity index (χ0) is 16.3. The van der Waals surface area contributed by atoms with Crippen LogP contribution in [-0.2, 0) is 4.79 Å². The molecule has 0 heterocycles. The Morgan fingerprint density at radius 2 is 1.95 bits per heavy atom. The first kappa shape index (κ1) is 16.9. The van der Waals surface area contributed by atoms with Crippen LogP contribution < -0.4 is 9.47 Å². The van der Waals surface area contributed by atoms with E-state index in [0.29, 0.717) is 24.0 Å². The summed E-state index contributed by atoms with van der Waals surface area (Å²) in [4.78, 5) is 11.0. The van der Waals surface area contributed by atoms with Gasteiger partial charge in [0, 0.05) is 6.07 Å². The average molecular weight is 327 g/mol. The van der Waals surface area contributed by atoms with Gasteiger partial charge in [0.2, 0.25) is 0 Å². The summed E-state index contributed by atoms with van der Waals surface area (Å²) in [5.74, 6) is 0.980. The molecule has 0 radical (unpaired) electrons. The second-order valence-electron chi connectivity index (χ2n) is 5.76. The van der Waals surface area contributed by atoms with E-state index in [1.807, 2.05) is 26.0 Å². The molecular formula is C17H23ClO4. The molecule has 0 bridgehead atoms. The predicted octanol–water partition coefficient (Wildman–Crippen LogP) is 4.35. The highest BCUT2D eigenvalue weighted by atomic mass is 35.5. The van der Waals surface area contributed by atoms with E-state index in [0.717, 1.165) is 24.2 Å². The Morgan fingerprint density at radius 3 is 2.50 bits per heavy atom. The van der Waals surface area contributed by atoms with E-state index in [1.165, 1.54) is 0 Å². The minimum atomic E-state index is -0.688. The van der Waals surface area contributed by atoms with Gasteiger partial charge in [0.15, 0.2) is 0 Å². The largest absolute Gasteiger partial charge is 0.493 e. The van der Waals surface area contributed by atoms with E-state index in [4.69, 9.17) is 26.2 Å². The summed E-state index contributed by atoms with van der Waals surface area (Å²) in [5, 5.41) is 9.59. The van der Waals surface area contributed by atoms with E-state index in [1.54, 1.807) is 0 Å². The topological polar surface area (TPSA) is 55.8 Å². The van der Waals surface area contributed by atoms with Crippen LogP contribution in [0.5, 0.6) is 11.5 Å². The van der Waals surface area contributed by atoms with Gasteiger partial charge in [-0.25, -0.2) is 0 Å². The smallest absolute Gasteiger partial charge is 0.306 e. The lowest BCUT2D eigenvalue weighted by Gasteiger charge is -2.19. The molecule has 4 nitrogen and oxygen atoms in total. The molecule has 1 aliphatic carbocycles. The van der Waals surface area contributed by atoms with Crippen molar-refractivity contribution < 1.29 is 19.4 Å².